The van der Waals surface area contributed by atoms with Crippen molar-refractivity contribution >= 4 is 29.9 Å². The predicted octanol–water partition coefficient (Wildman–Crippen LogP) is 4.16. The molecule has 9 heteroatoms. The lowest BCUT2D eigenvalue weighted by molar-refractivity contribution is -0.274. The molecule has 0 fully saturated rings. The second-order valence-corrected chi connectivity index (χ2v) is 5.37. The van der Waals surface area contributed by atoms with Crippen LogP contribution in [0.4, 0.5) is 13.2 Å². The van der Waals surface area contributed by atoms with Crippen LogP contribution in [0.1, 0.15) is 18.1 Å². The maximum Gasteiger partial charge on any atom is 0.573 e. The summed E-state index contributed by atoms with van der Waals surface area (Å²) < 4.78 is 41.5. The molecular weight excluding hydrogens is 474 g/mol. The summed E-state index contributed by atoms with van der Waals surface area (Å²) in [6, 6.07) is 12.6. The van der Waals surface area contributed by atoms with Crippen molar-refractivity contribution in [1.29, 1.82) is 0 Å². The smallest absolute Gasteiger partial charge is 0.508 e. The maximum atomic E-state index is 12.5. The highest BCUT2D eigenvalue weighted by molar-refractivity contribution is 14.0. The minimum atomic E-state index is -4.74. The standard InChI is InChI=1S/C18H20F3N3O2.HI/c1-2-22-17(23-11-13-7-9-15(25)10-8-13)24-12-14-5-3-4-6-16(14)26-18(19,20)21;/h3-10,25H,2,11-12H2,1H3,(H2,22,23,24);1H. The zero-order valence-corrected chi connectivity index (χ0v) is 16.9. The summed E-state index contributed by atoms with van der Waals surface area (Å²) in [5.41, 5.74) is 1.25. The van der Waals surface area contributed by atoms with E-state index < -0.39 is 6.36 Å². The number of guanidine groups is 1. The van der Waals surface area contributed by atoms with Gasteiger partial charge >= 0.3 is 6.36 Å². The van der Waals surface area contributed by atoms with Crippen LogP contribution in [0, 0.1) is 0 Å². The monoisotopic (exact) mass is 495 g/mol. The van der Waals surface area contributed by atoms with Gasteiger partial charge in [-0.05, 0) is 30.7 Å². The Morgan fingerprint density at radius 3 is 2.37 bits per heavy atom. The lowest BCUT2D eigenvalue weighted by atomic mass is 10.2. The summed E-state index contributed by atoms with van der Waals surface area (Å²) in [5, 5.41) is 15.3. The van der Waals surface area contributed by atoms with Gasteiger partial charge in [0.1, 0.15) is 11.5 Å². The average molecular weight is 495 g/mol. The second-order valence-electron chi connectivity index (χ2n) is 5.37. The fourth-order valence-corrected chi connectivity index (χ4v) is 2.17. The van der Waals surface area contributed by atoms with E-state index in [1.165, 1.54) is 12.1 Å². The van der Waals surface area contributed by atoms with Crippen LogP contribution in [0.5, 0.6) is 11.5 Å². The number of aromatic hydroxyl groups is 1. The van der Waals surface area contributed by atoms with Crippen LogP contribution in [-0.4, -0.2) is 24.0 Å². The van der Waals surface area contributed by atoms with Crippen LogP contribution in [0.2, 0.25) is 0 Å². The number of phenolic OH excluding ortho intramolecular Hbond substituents is 1. The molecule has 0 saturated heterocycles. The van der Waals surface area contributed by atoms with E-state index in [-0.39, 0.29) is 42.0 Å². The molecule has 0 aliphatic heterocycles. The number of alkyl halides is 3. The quantitative estimate of drug-likeness (QED) is 0.320. The molecule has 0 aliphatic carbocycles. The molecule has 0 unspecified atom stereocenters. The molecule has 0 aliphatic rings. The van der Waals surface area contributed by atoms with E-state index in [9.17, 15) is 18.3 Å². The van der Waals surface area contributed by atoms with Crippen molar-refractivity contribution in [2.45, 2.75) is 26.4 Å². The van der Waals surface area contributed by atoms with E-state index in [0.717, 1.165) is 5.56 Å². The van der Waals surface area contributed by atoms with Crippen LogP contribution in [0.15, 0.2) is 53.5 Å². The number of aliphatic imine (C=N–C) groups is 1. The summed E-state index contributed by atoms with van der Waals surface area (Å²) in [6.45, 7) is 2.96. The first-order chi connectivity index (χ1) is 12.4. The van der Waals surface area contributed by atoms with Gasteiger partial charge in [0.05, 0.1) is 6.54 Å². The van der Waals surface area contributed by atoms with Gasteiger partial charge in [0.25, 0.3) is 0 Å². The van der Waals surface area contributed by atoms with Crippen molar-refractivity contribution in [2.75, 3.05) is 6.54 Å². The van der Waals surface area contributed by atoms with Crippen molar-refractivity contribution < 1.29 is 23.0 Å². The third-order valence-electron chi connectivity index (χ3n) is 3.34. The van der Waals surface area contributed by atoms with E-state index in [1.54, 1.807) is 36.4 Å². The molecule has 0 amide bonds. The molecule has 0 saturated carbocycles. The zero-order chi connectivity index (χ0) is 19.0. The minimum absolute atomic E-state index is 0. The van der Waals surface area contributed by atoms with E-state index in [1.807, 2.05) is 6.92 Å². The third kappa shape index (κ3) is 8.37. The number of nitrogens with zero attached hydrogens (tertiary/aromatic N) is 1. The third-order valence-corrected chi connectivity index (χ3v) is 3.34. The summed E-state index contributed by atoms with van der Waals surface area (Å²) in [4.78, 5) is 4.38. The highest BCUT2D eigenvalue weighted by Gasteiger charge is 2.31. The summed E-state index contributed by atoms with van der Waals surface area (Å²) in [7, 11) is 0. The number of phenols is 1. The highest BCUT2D eigenvalue weighted by Crippen LogP contribution is 2.26. The number of rotatable bonds is 6. The molecule has 5 nitrogen and oxygen atoms in total. The molecule has 2 aromatic rings. The number of benzene rings is 2. The molecule has 0 aromatic heterocycles. The molecule has 148 valence electrons. The Kier molecular flexibility index (Phi) is 9.19. The van der Waals surface area contributed by atoms with Gasteiger partial charge in [0, 0.05) is 18.7 Å². The number of ether oxygens (including phenoxy) is 1. The molecule has 0 heterocycles. The van der Waals surface area contributed by atoms with Gasteiger partial charge in [-0.15, -0.1) is 37.1 Å². The molecule has 0 bridgehead atoms. The van der Waals surface area contributed by atoms with E-state index in [4.69, 9.17) is 0 Å². The van der Waals surface area contributed by atoms with Gasteiger partial charge in [0.15, 0.2) is 5.96 Å². The summed E-state index contributed by atoms with van der Waals surface area (Å²) in [6.07, 6.45) is -4.74. The number of halogens is 4. The van der Waals surface area contributed by atoms with Crippen molar-refractivity contribution in [2.24, 2.45) is 4.99 Å². The van der Waals surface area contributed by atoms with E-state index in [0.29, 0.717) is 24.6 Å². The van der Waals surface area contributed by atoms with E-state index >= 15 is 0 Å². The number of nitrogens with one attached hydrogen (secondary N) is 2. The zero-order valence-electron chi connectivity index (χ0n) is 14.6. The molecule has 2 aromatic carbocycles. The molecule has 27 heavy (non-hydrogen) atoms. The minimum Gasteiger partial charge on any atom is -0.508 e. The normalized spacial score (nSPS) is 11.5. The van der Waals surface area contributed by atoms with Crippen LogP contribution in [-0.2, 0) is 13.1 Å². The number of hydrogen-bond donors (Lipinski definition) is 3. The molecule has 0 radical (unpaired) electrons. The first-order valence-corrected chi connectivity index (χ1v) is 8.01. The Hall–Kier alpha value is -2.17. The lowest BCUT2D eigenvalue weighted by Gasteiger charge is -2.15. The van der Waals surface area contributed by atoms with Crippen LogP contribution in [0.3, 0.4) is 0 Å². The molecule has 0 atom stereocenters. The van der Waals surface area contributed by atoms with Gasteiger partial charge in [-0.3, -0.25) is 0 Å². The second kappa shape index (κ2) is 10.9. The van der Waals surface area contributed by atoms with E-state index in [2.05, 4.69) is 20.4 Å². The van der Waals surface area contributed by atoms with Crippen LogP contribution < -0.4 is 15.4 Å². The van der Waals surface area contributed by atoms with Crippen molar-refractivity contribution in [3.8, 4) is 11.5 Å². The fourth-order valence-electron chi connectivity index (χ4n) is 2.17. The Balaban J connectivity index is 0.00000364. The van der Waals surface area contributed by atoms with Crippen LogP contribution in [0.25, 0.3) is 0 Å². The van der Waals surface area contributed by atoms with Crippen molar-refractivity contribution in [1.82, 2.24) is 10.6 Å². The Labute approximate surface area is 172 Å². The molecule has 2 rings (SSSR count). The van der Waals surface area contributed by atoms with Gasteiger partial charge in [0.2, 0.25) is 0 Å². The Morgan fingerprint density at radius 1 is 1.07 bits per heavy atom. The SMILES string of the molecule is CCNC(=NCc1ccc(O)cc1)NCc1ccccc1OC(F)(F)F.I. The molecule has 0 spiro atoms. The average Bonchev–Trinajstić information content (AvgIpc) is 2.58. The topological polar surface area (TPSA) is 65.9 Å². The Bertz CT molecular complexity index is 737. The molecular formula is C18H21F3IN3O2. The van der Waals surface area contributed by atoms with Crippen molar-refractivity contribution in [3.63, 3.8) is 0 Å². The van der Waals surface area contributed by atoms with Gasteiger partial charge < -0.3 is 20.5 Å². The highest BCUT2D eigenvalue weighted by atomic mass is 127. The first kappa shape index (κ1) is 22.9. The largest absolute Gasteiger partial charge is 0.573 e. The van der Waals surface area contributed by atoms with Crippen molar-refractivity contribution in [3.05, 3.63) is 59.7 Å². The Morgan fingerprint density at radius 2 is 1.74 bits per heavy atom. The summed E-state index contributed by atoms with van der Waals surface area (Å²) >= 11 is 0. The fraction of sp³-hybridized carbons (Fsp3) is 0.278. The lowest BCUT2D eigenvalue weighted by Crippen LogP contribution is -2.37. The van der Waals surface area contributed by atoms with Gasteiger partial charge in [-0.25, -0.2) is 4.99 Å². The van der Waals surface area contributed by atoms with Crippen LogP contribution >= 0.6 is 24.0 Å². The van der Waals surface area contributed by atoms with Gasteiger partial charge in [-0.2, -0.15) is 0 Å². The first-order valence-electron chi connectivity index (χ1n) is 8.01. The predicted molar refractivity (Wildman–Crippen MR) is 108 cm³/mol. The number of hydrogen-bond acceptors (Lipinski definition) is 3. The van der Waals surface area contributed by atoms with Gasteiger partial charge in [-0.1, -0.05) is 30.3 Å². The number of para-hydroxylation sites is 1. The molecule has 3 N–H and O–H groups in total. The maximum absolute atomic E-state index is 12.5. The summed E-state index contributed by atoms with van der Waals surface area (Å²) in [5.74, 6) is 0.383.